The summed E-state index contributed by atoms with van der Waals surface area (Å²) < 4.78 is 84.9. The van der Waals surface area contributed by atoms with Gasteiger partial charge in [0.2, 0.25) is 5.91 Å². The molecule has 0 saturated carbocycles. The van der Waals surface area contributed by atoms with Gasteiger partial charge in [-0.05, 0) is 31.0 Å². The summed E-state index contributed by atoms with van der Waals surface area (Å²) in [7, 11) is 0. The SMILES string of the molecule is Cc1ccc(-c2nn(CC(=O)NC(CCOSN)c3cccc(C(F)(F)F)c3)c(=O)n2CCC(F)(F)F)cc1. The van der Waals surface area contributed by atoms with Crippen molar-refractivity contribution >= 4 is 18.1 Å². The van der Waals surface area contributed by atoms with Crippen LogP contribution in [0.3, 0.4) is 0 Å². The molecule has 3 aromatic rings. The molecule has 0 aliphatic rings. The van der Waals surface area contributed by atoms with Gasteiger partial charge in [0, 0.05) is 12.1 Å². The summed E-state index contributed by atoms with van der Waals surface area (Å²) in [5.41, 5.74) is -0.483. The fourth-order valence-corrected chi connectivity index (χ4v) is 3.94. The number of alkyl halides is 6. The van der Waals surface area contributed by atoms with E-state index in [-0.39, 0.29) is 24.4 Å². The maximum absolute atomic E-state index is 13.2. The predicted molar refractivity (Wildman–Crippen MR) is 132 cm³/mol. The molecule has 0 fully saturated rings. The molecule has 0 aliphatic heterocycles. The number of carbonyl (C=O) groups is 1. The summed E-state index contributed by atoms with van der Waals surface area (Å²) in [6, 6.07) is 9.96. The summed E-state index contributed by atoms with van der Waals surface area (Å²) in [5, 5.41) is 11.9. The van der Waals surface area contributed by atoms with E-state index in [1.165, 1.54) is 12.1 Å². The fourth-order valence-electron chi connectivity index (χ4n) is 3.74. The molecule has 0 spiro atoms. The van der Waals surface area contributed by atoms with E-state index in [2.05, 4.69) is 10.4 Å². The van der Waals surface area contributed by atoms with Crippen molar-refractivity contribution in [1.29, 1.82) is 0 Å². The minimum absolute atomic E-state index is 0.0219. The van der Waals surface area contributed by atoms with E-state index in [9.17, 15) is 35.9 Å². The molecular formula is C24H25F6N5O3S. The second kappa shape index (κ2) is 12.7. The van der Waals surface area contributed by atoms with Crippen LogP contribution in [0.2, 0.25) is 0 Å². The average molecular weight is 578 g/mol. The Bertz CT molecular complexity index is 1320. The van der Waals surface area contributed by atoms with Crippen LogP contribution >= 0.6 is 12.2 Å². The molecule has 2 aromatic carbocycles. The minimum Gasteiger partial charge on any atom is -0.348 e. The predicted octanol–water partition coefficient (Wildman–Crippen LogP) is 4.78. The molecule has 1 heterocycles. The van der Waals surface area contributed by atoms with Crippen molar-refractivity contribution in [2.45, 2.75) is 51.2 Å². The molecule has 0 bridgehead atoms. The van der Waals surface area contributed by atoms with Gasteiger partial charge in [0.05, 0.1) is 36.9 Å². The minimum atomic E-state index is -4.61. The smallest absolute Gasteiger partial charge is 0.348 e. The van der Waals surface area contributed by atoms with Crippen LogP contribution in [0.4, 0.5) is 26.3 Å². The normalized spacial score (nSPS) is 12.9. The lowest BCUT2D eigenvalue weighted by Gasteiger charge is -2.20. The van der Waals surface area contributed by atoms with Gasteiger partial charge in [-0.15, -0.1) is 5.10 Å². The van der Waals surface area contributed by atoms with Crippen LogP contribution in [0.5, 0.6) is 0 Å². The van der Waals surface area contributed by atoms with E-state index in [0.717, 1.165) is 26.9 Å². The molecule has 1 aromatic heterocycles. The van der Waals surface area contributed by atoms with Gasteiger partial charge >= 0.3 is 18.0 Å². The Morgan fingerprint density at radius 3 is 2.44 bits per heavy atom. The second-order valence-corrected chi connectivity index (χ2v) is 9.03. The zero-order valence-corrected chi connectivity index (χ0v) is 21.4. The number of amides is 1. The number of carbonyl (C=O) groups excluding carboxylic acids is 1. The first-order valence-corrected chi connectivity index (χ1v) is 12.4. The van der Waals surface area contributed by atoms with Crippen molar-refractivity contribution in [3.63, 3.8) is 0 Å². The van der Waals surface area contributed by atoms with Crippen molar-refractivity contribution in [3.05, 3.63) is 75.7 Å². The van der Waals surface area contributed by atoms with E-state index >= 15 is 0 Å². The second-order valence-electron chi connectivity index (χ2n) is 8.60. The average Bonchev–Trinajstić information content (AvgIpc) is 3.16. The van der Waals surface area contributed by atoms with Crippen LogP contribution in [0.1, 0.15) is 35.6 Å². The first-order chi connectivity index (χ1) is 18.3. The van der Waals surface area contributed by atoms with Gasteiger partial charge in [-0.1, -0.05) is 42.0 Å². The lowest BCUT2D eigenvalue weighted by Crippen LogP contribution is -2.36. The molecule has 3 N–H and O–H groups in total. The van der Waals surface area contributed by atoms with Gasteiger partial charge in [-0.3, -0.25) is 14.5 Å². The molecule has 3 rings (SSSR count). The van der Waals surface area contributed by atoms with Crippen LogP contribution in [-0.2, 0) is 28.2 Å². The monoisotopic (exact) mass is 577 g/mol. The standard InChI is InChI=1S/C24H25F6N5O3S/c1-15-5-7-16(8-6-15)21-33-35(22(37)34(21)11-10-23(25,26)27)14-20(36)32-19(9-12-38-39-31)17-3-2-4-18(13-17)24(28,29)30/h2-8,13,19H,9-12,14,31H2,1H3,(H,32,36). The van der Waals surface area contributed by atoms with Crippen LogP contribution in [0.25, 0.3) is 11.4 Å². The Balaban J connectivity index is 1.88. The number of nitrogens with zero attached hydrogens (tertiary/aromatic N) is 3. The zero-order chi connectivity index (χ0) is 28.8. The number of hydrogen-bond acceptors (Lipinski definition) is 6. The van der Waals surface area contributed by atoms with Gasteiger partial charge in [0.25, 0.3) is 0 Å². The molecule has 0 radical (unpaired) electrons. The zero-order valence-electron chi connectivity index (χ0n) is 20.6. The molecule has 0 saturated heterocycles. The number of hydrogen-bond donors (Lipinski definition) is 2. The fraction of sp³-hybridized carbons (Fsp3) is 0.375. The quantitative estimate of drug-likeness (QED) is 0.147. The van der Waals surface area contributed by atoms with E-state index in [1.54, 1.807) is 24.3 Å². The Morgan fingerprint density at radius 1 is 1.13 bits per heavy atom. The molecule has 1 atom stereocenters. The number of halogens is 6. The van der Waals surface area contributed by atoms with E-state index < -0.39 is 55.1 Å². The van der Waals surface area contributed by atoms with Crippen LogP contribution in [0, 0.1) is 6.92 Å². The van der Waals surface area contributed by atoms with Gasteiger partial charge < -0.3 is 9.50 Å². The summed E-state index contributed by atoms with van der Waals surface area (Å²) in [6.45, 7) is 0.389. The maximum Gasteiger partial charge on any atom is 0.416 e. The molecule has 1 amide bonds. The topological polar surface area (TPSA) is 104 Å². The first-order valence-electron chi connectivity index (χ1n) is 11.5. The van der Waals surface area contributed by atoms with Gasteiger partial charge in [0.15, 0.2) is 5.82 Å². The summed E-state index contributed by atoms with van der Waals surface area (Å²) in [6.07, 6.45) is -10.4. The summed E-state index contributed by atoms with van der Waals surface area (Å²) in [5.74, 6) is -0.851. The summed E-state index contributed by atoms with van der Waals surface area (Å²) >= 11 is 0.548. The van der Waals surface area contributed by atoms with E-state index in [4.69, 9.17) is 9.32 Å². The number of benzene rings is 2. The Labute approximate surface area is 223 Å². The Hall–Kier alpha value is -3.30. The largest absolute Gasteiger partial charge is 0.416 e. The van der Waals surface area contributed by atoms with Gasteiger partial charge in [-0.25, -0.2) is 9.48 Å². The lowest BCUT2D eigenvalue weighted by atomic mass is 10.0. The number of rotatable bonds is 11. The number of aromatic nitrogens is 3. The van der Waals surface area contributed by atoms with Crippen molar-refractivity contribution in [3.8, 4) is 11.4 Å². The highest BCUT2D eigenvalue weighted by molar-refractivity contribution is 7.92. The molecule has 15 heteroatoms. The van der Waals surface area contributed by atoms with Crippen molar-refractivity contribution in [1.82, 2.24) is 19.7 Å². The van der Waals surface area contributed by atoms with Crippen molar-refractivity contribution < 1.29 is 35.3 Å². The third-order valence-electron chi connectivity index (χ3n) is 5.65. The third kappa shape index (κ3) is 8.60. The number of aryl methyl sites for hydroxylation is 1. The highest BCUT2D eigenvalue weighted by Gasteiger charge is 2.31. The molecule has 212 valence electrons. The van der Waals surface area contributed by atoms with Crippen LogP contribution in [0.15, 0.2) is 53.3 Å². The first kappa shape index (κ1) is 30.2. The molecular weight excluding hydrogens is 552 g/mol. The highest BCUT2D eigenvalue weighted by Crippen LogP contribution is 2.31. The third-order valence-corrected chi connectivity index (χ3v) is 5.96. The Morgan fingerprint density at radius 2 is 1.82 bits per heavy atom. The Kier molecular flexibility index (Phi) is 9.85. The molecule has 1 unspecified atom stereocenters. The molecule has 8 nitrogen and oxygen atoms in total. The van der Waals surface area contributed by atoms with Crippen molar-refractivity contribution in [2.75, 3.05) is 6.61 Å². The van der Waals surface area contributed by atoms with Crippen molar-refractivity contribution in [2.24, 2.45) is 5.14 Å². The number of nitrogens with two attached hydrogens (primary N) is 1. The molecule has 39 heavy (non-hydrogen) atoms. The lowest BCUT2D eigenvalue weighted by molar-refractivity contribution is -0.138. The van der Waals surface area contributed by atoms with E-state index in [1.807, 2.05) is 6.92 Å². The van der Waals surface area contributed by atoms with Gasteiger partial charge in [-0.2, -0.15) is 26.3 Å². The highest BCUT2D eigenvalue weighted by atomic mass is 32.2. The maximum atomic E-state index is 13.2. The molecule has 0 aliphatic carbocycles. The number of nitrogens with one attached hydrogen (secondary N) is 1. The van der Waals surface area contributed by atoms with Gasteiger partial charge in [0.1, 0.15) is 6.54 Å². The summed E-state index contributed by atoms with van der Waals surface area (Å²) in [4.78, 5) is 25.8. The van der Waals surface area contributed by atoms with Crippen LogP contribution < -0.4 is 16.1 Å². The van der Waals surface area contributed by atoms with Crippen LogP contribution in [-0.4, -0.2) is 33.0 Å². The van der Waals surface area contributed by atoms with E-state index in [0.29, 0.717) is 17.8 Å².